The van der Waals surface area contributed by atoms with Crippen molar-refractivity contribution >= 4 is 60.8 Å². The summed E-state index contributed by atoms with van der Waals surface area (Å²) < 4.78 is 8.85. The van der Waals surface area contributed by atoms with Crippen LogP contribution >= 0.6 is 0 Å². The predicted octanol–water partition coefficient (Wildman–Crippen LogP) is 16.8. The number of nitrogens with zero attached hydrogens (tertiary/aromatic N) is 2. The summed E-state index contributed by atoms with van der Waals surface area (Å²) in [6.45, 7) is 0. The molecule has 0 spiro atoms. The van der Waals surface area contributed by atoms with E-state index in [1.165, 1.54) is 49.6 Å². The Bertz CT molecular complexity index is 3500. The molecule has 0 atom stereocenters. The number of rotatable bonds is 8. The highest BCUT2D eigenvalue weighted by atomic mass is 16.3. The van der Waals surface area contributed by atoms with Crippen LogP contribution in [-0.2, 0) is 0 Å². The van der Waals surface area contributed by atoms with E-state index < -0.39 is 0 Å². The van der Waals surface area contributed by atoms with Gasteiger partial charge in [-0.1, -0.05) is 170 Å². The van der Waals surface area contributed by atoms with Gasteiger partial charge in [-0.25, -0.2) is 0 Å². The molecular formula is C60H40N2O. The van der Waals surface area contributed by atoms with Crippen LogP contribution in [0.15, 0.2) is 247 Å². The van der Waals surface area contributed by atoms with Crippen LogP contribution in [0, 0.1) is 0 Å². The maximum atomic E-state index is 6.46. The molecule has 0 aliphatic carbocycles. The summed E-state index contributed by atoms with van der Waals surface area (Å²) in [4.78, 5) is 2.34. The molecule has 0 saturated carbocycles. The van der Waals surface area contributed by atoms with Crippen LogP contribution in [0.3, 0.4) is 0 Å². The summed E-state index contributed by atoms with van der Waals surface area (Å²) in [6, 6.07) is 87.0. The SMILES string of the molecule is c1ccc(-c2ccc(N(c3ccc(-c4ccccc4)cc3)c3ccc(-c4ccc5c(c4)c4ccccc4n5-c4cccc(-c5cccc6c5oc5ccccc56)c4)cc3)cc2)cc1. The fraction of sp³-hybridized carbons (Fsp3) is 0. The monoisotopic (exact) mass is 804 g/mol. The number of hydrogen-bond acceptors (Lipinski definition) is 2. The van der Waals surface area contributed by atoms with Crippen molar-refractivity contribution in [2.24, 2.45) is 0 Å². The van der Waals surface area contributed by atoms with Gasteiger partial charge in [0.05, 0.1) is 11.0 Å². The highest BCUT2D eigenvalue weighted by Gasteiger charge is 2.18. The van der Waals surface area contributed by atoms with Crippen molar-refractivity contribution in [3.63, 3.8) is 0 Å². The number of hydrogen-bond donors (Lipinski definition) is 0. The lowest BCUT2D eigenvalue weighted by atomic mass is 10.0. The third-order valence-corrected chi connectivity index (χ3v) is 12.4. The Morgan fingerprint density at radius 2 is 0.778 bits per heavy atom. The van der Waals surface area contributed by atoms with E-state index in [9.17, 15) is 0 Å². The molecule has 0 N–H and O–H groups in total. The average molecular weight is 805 g/mol. The molecule has 0 saturated heterocycles. The van der Waals surface area contributed by atoms with E-state index in [1.54, 1.807) is 0 Å². The highest BCUT2D eigenvalue weighted by Crippen LogP contribution is 2.41. The van der Waals surface area contributed by atoms with Crippen molar-refractivity contribution in [3.05, 3.63) is 243 Å². The molecule has 2 aromatic heterocycles. The van der Waals surface area contributed by atoms with Crippen LogP contribution in [0.5, 0.6) is 0 Å². The minimum absolute atomic E-state index is 0.906. The molecule has 10 aromatic carbocycles. The number of fused-ring (bicyclic) bond motifs is 6. The first kappa shape index (κ1) is 36.5. The topological polar surface area (TPSA) is 21.3 Å². The van der Waals surface area contributed by atoms with Crippen molar-refractivity contribution in [2.75, 3.05) is 4.90 Å². The minimum atomic E-state index is 0.906. The third-order valence-electron chi connectivity index (χ3n) is 12.4. The minimum Gasteiger partial charge on any atom is -0.455 e. The molecule has 12 aromatic rings. The fourth-order valence-corrected chi connectivity index (χ4v) is 9.33. The Kier molecular flexibility index (Phi) is 8.83. The third kappa shape index (κ3) is 6.46. The van der Waals surface area contributed by atoms with Crippen molar-refractivity contribution < 1.29 is 4.42 Å². The van der Waals surface area contributed by atoms with Gasteiger partial charge in [-0.15, -0.1) is 0 Å². The van der Waals surface area contributed by atoms with Crippen LogP contribution in [0.25, 0.3) is 93.9 Å². The number of furan rings is 1. The fourth-order valence-electron chi connectivity index (χ4n) is 9.33. The maximum Gasteiger partial charge on any atom is 0.143 e. The van der Waals surface area contributed by atoms with Gasteiger partial charge in [-0.3, -0.25) is 0 Å². The lowest BCUT2D eigenvalue weighted by molar-refractivity contribution is 0.670. The number of para-hydroxylation sites is 3. The van der Waals surface area contributed by atoms with Gasteiger partial charge in [0.1, 0.15) is 11.2 Å². The van der Waals surface area contributed by atoms with Gasteiger partial charge in [-0.2, -0.15) is 0 Å². The molecule has 12 rings (SSSR count). The molecule has 0 aliphatic rings. The van der Waals surface area contributed by atoms with Gasteiger partial charge in [0.25, 0.3) is 0 Å². The standard InChI is InChI=1S/C60H40N2O/c1-3-13-41(14-4-1)43-25-32-48(33-26-43)61(49-34-27-44(28-35-49)42-15-5-2-6-16-42)50-36-29-45(30-37-50)46-31-38-58-56(40-46)53-19-7-9-23-57(53)62(58)51-18-11-17-47(39-51)52-21-12-22-55-54-20-8-10-24-59(54)63-60(52)55/h1-40H. The van der Waals surface area contributed by atoms with E-state index >= 15 is 0 Å². The van der Waals surface area contributed by atoms with Crippen molar-refractivity contribution in [2.45, 2.75) is 0 Å². The summed E-state index contributed by atoms with van der Waals surface area (Å²) in [7, 11) is 0. The highest BCUT2D eigenvalue weighted by molar-refractivity contribution is 6.11. The molecule has 0 fully saturated rings. The quantitative estimate of drug-likeness (QED) is 0.153. The molecule has 296 valence electrons. The van der Waals surface area contributed by atoms with Gasteiger partial charge in [0.15, 0.2) is 0 Å². The molecule has 0 aliphatic heterocycles. The number of benzene rings is 10. The molecule has 2 heterocycles. The van der Waals surface area contributed by atoms with Gasteiger partial charge in [-0.05, 0) is 112 Å². The van der Waals surface area contributed by atoms with Crippen LogP contribution in [-0.4, -0.2) is 4.57 Å². The summed E-state index contributed by atoms with van der Waals surface area (Å²) in [5.41, 5.74) is 17.9. The predicted molar refractivity (Wildman–Crippen MR) is 264 cm³/mol. The van der Waals surface area contributed by atoms with Crippen LogP contribution in [0.4, 0.5) is 17.1 Å². The van der Waals surface area contributed by atoms with E-state index in [0.29, 0.717) is 0 Å². The Morgan fingerprint density at radius 3 is 1.43 bits per heavy atom. The molecule has 0 radical (unpaired) electrons. The van der Waals surface area contributed by atoms with Crippen LogP contribution in [0.2, 0.25) is 0 Å². The molecule has 0 unspecified atom stereocenters. The Labute approximate surface area is 366 Å². The van der Waals surface area contributed by atoms with E-state index in [4.69, 9.17) is 4.42 Å². The normalized spacial score (nSPS) is 11.5. The maximum absolute atomic E-state index is 6.46. The first-order valence-electron chi connectivity index (χ1n) is 21.5. The zero-order chi connectivity index (χ0) is 41.7. The second-order valence-corrected chi connectivity index (χ2v) is 16.1. The average Bonchev–Trinajstić information content (AvgIpc) is 3.91. The van der Waals surface area contributed by atoms with E-state index in [0.717, 1.165) is 61.4 Å². The Morgan fingerprint density at radius 1 is 0.302 bits per heavy atom. The molecule has 0 amide bonds. The van der Waals surface area contributed by atoms with E-state index in [-0.39, 0.29) is 0 Å². The Balaban J connectivity index is 0.913. The van der Waals surface area contributed by atoms with Gasteiger partial charge in [0.2, 0.25) is 0 Å². The second-order valence-electron chi connectivity index (χ2n) is 16.1. The second kappa shape index (κ2) is 15.3. The van der Waals surface area contributed by atoms with Gasteiger partial charge in [0, 0.05) is 49.9 Å². The number of aromatic nitrogens is 1. The van der Waals surface area contributed by atoms with Crippen LogP contribution < -0.4 is 4.90 Å². The first-order valence-corrected chi connectivity index (χ1v) is 21.5. The van der Waals surface area contributed by atoms with Gasteiger partial charge >= 0.3 is 0 Å². The Hall–Kier alpha value is -8.40. The first-order chi connectivity index (χ1) is 31.2. The zero-order valence-corrected chi connectivity index (χ0v) is 34.4. The summed E-state index contributed by atoms with van der Waals surface area (Å²) in [6.07, 6.45) is 0. The van der Waals surface area contributed by atoms with Crippen molar-refractivity contribution in [1.82, 2.24) is 4.57 Å². The van der Waals surface area contributed by atoms with Crippen LogP contribution in [0.1, 0.15) is 0 Å². The summed E-state index contributed by atoms with van der Waals surface area (Å²) >= 11 is 0. The lowest BCUT2D eigenvalue weighted by Crippen LogP contribution is -2.09. The van der Waals surface area contributed by atoms with E-state index in [1.807, 2.05) is 12.1 Å². The smallest absolute Gasteiger partial charge is 0.143 e. The lowest BCUT2D eigenvalue weighted by Gasteiger charge is -2.26. The molecule has 3 nitrogen and oxygen atoms in total. The number of anilines is 3. The summed E-state index contributed by atoms with van der Waals surface area (Å²) in [5.74, 6) is 0. The van der Waals surface area contributed by atoms with E-state index in [2.05, 4.69) is 240 Å². The molecule has 3 heteroatoms. The van der Waals surface area contributed by atoms with Crippen molar-refractivity contribution in [1.29, 1.82) is 0 Å². The van der Waals surface area contributed by atoms with Gasteiger partial charge < -0.3 is 13.9 Å². The molecular weight excluding hydrogens is 765 g/mol. The van der Waals surface area contributed by atoms with Crippen molar-refractivity contribution in [3.8, 4) is 50.2 Å². The molecule has 63 heavy (non-hydrogen) atoms. The largest absolute Gasteiger partial charge is 0.455 e. The zero-order valence-electron chi connectivity index (χ0n) is 34.4. The summed E-state index contributed by atoms with van der Waals surface area (Å²) in [5, 5.41) is 4.71. The molecule has 0 bridgehead atoms.